The van der Waals surface area contributed by atoms with Gasteiger partial charge in [-0.25, -0.2) is 0 Å². The van der Waals surface area contributed by atoms with Gasteiger partial charge in [-0.3, -0.25) is 0 Å². The lowest BCUT2D eigenvalue weighted by atomic mass is 9.97. The summed E-state index contributed by atoms with van der Waals surface area (Å²) in [5.41, 5.74) is 5.57. The fourth-order valence-electron chi connectivity index (χ4n) is 1.58. The van der Waals surface area contributed by atoms with Gasteiger partial charge in [0.1, 0.15) is 0 Å². The van der Waals surface area contributed by atoms with Gasteiger partial charge in [0.2, 0.25) is 0 Å². The first kappa shape index (κ1) is 10.0. The average molecular weight is 174 g/mol. The number of hydrogen-bond donors (Lipinski definition) is 0. The van der Waals surface area contributed by atoms with E-state index in [4.69, 9.17) is 0 Å². The highest BCUT2D eigenvalue weighted by atomic mass is 14.1. The van der Waals surface area contributed by atoms with Crippen LogP contribution in [-0.2, 0) is 6.42 Å². The predicted octanol–water partition coefficient (Wildman–Crippen LogP) is 3.81. The van der Waals surface area contributed by atoms with E-state index in [0.717, 1.165) is 12.8 Å². The molecule has 13 heavy (non-hydrogen) atoms. The van der Waals surface area contributed by atoms with Crippen LogP contribution in [-0.4, -0.2) is 0 Å². The predicted molar refractivity (Wildman–Crippen MR) is 59.1 cm³/mol. The van der Waals surface area contributed by atoms with Gasteiger partial charge in [0.25, 0.3) is 0 Å². The molecular formula is C13H18. The Morgan fingerprint density at radius 2 is 1.77 bits per heavy atom. The van der Waals surface area contributed by atoms with Crippen LogP contribution >= 0.6 is 0 Å². The molecule has 0 spiro atoms. The summed E-state index contributed by atoms with van der Waals surface area (Å²) in [4.78, 5) is 0. The van der Waals surface area contributed by atoms with Gasteiger partial charge in [0.05, 0.1) is 0 Å². The molecule has 0 aliphatic rings. The molecule has 0 nitrogen and oxygen atoms in total. The summed E-state index contributed by atoms with van der Waals surface area (Å²) in [6.07, 6.45) is 2.24. The zero-order valence-electron chi connectivity index (χ0n) is 8.85. The van der Waals surface area contributed by atoms with Crippen molar-refractivity contribution in [2.45, 2.75) is 33.6 Å². The van der Waals surface area contributed by atoms with Crippen LogP contribution in [0.25, 0.3) is 0 Å². The smallest absolute Gasteiger partial charge is 0.0236 e. The SMILES string of the molecule is C=C(C)CCc1c(C)cccc1C. The number of hydrogen-bond acceptors (Lipinski definition) is 0. The highest BCUT2D eigenvalue weighted by Gasteiger charge is 2.00. The van der Waals surface area contributed by atoms with Crippen LogP contribution in [0, 0.1) is 13.8 Å². The van der Waals surface area contributed by atoms with Crippen molar-refractivity contribution >= 4 is 0 Å². The van der Waals surface area contributed by atoms with Gasteiger partial charge in [-0.2, -0.15) is 0 Å². The molecule has 0 N–H and O–H groups in total. The summed E-state index contributed by atoms with van der Waals surface area (Å²) < 4.78 is 0. The molecule has 0 aromatic heterocycles. The second-order valence-electron chi connectivity index (χ2n) is 3.83. The lowest BCUT2D eigenvalue weighted by Crippen LogP contribution is -1.93. The lowest BCUT2D eigenvalue weighted by Gasteiger charge is -2.08. The Labute approximate surface area is 81.3 Å². The van der Waals surface area contributed by atoms with Crippen LogP contribution in [0.3, 0.4) is 0 Å². The van der Waals surface area contributed by atoms with E-state index in [1.54, 1.807) is 0 Å². The zero-order chi connectivity index (χ0) is 9.84. The first-order valence-corrected chi connectivity index (χ1v) is 4.80. The Morgan fingerprint density at radius 3 is 2.23 bits per heavy atom. The quantitative estimate of drug-likeness (QED) is 0.611. The fraction of sp³-hybridized carbons (Fsp3) is 0.385. The van der Waals surface area contributed by atoms with Crippen molar-refractivity contribution in [3.8, 4) is 0 Å². The Bertz CT molecular complexity index is 288. The van der Waals surface area contributed by atoms with E-state index in [0.29, 0.717) is 0 Å². The molecule has 0 amide bonds. The van der Waals surface area contributed by atoms with Gasteiger partial charge in [0, 0.05) is 0 Å². The Hall–Kier alpha value is -1.04. The molecule has 0 fully saturated rings. The van der Waals surface area contributed by atoms with E-state index < -0.39 is 0 Å². The molecule has 0 bridgehead atoms. The van der Waals surface area contributed by atoms with E-state index >= 15 is 0 Å². The van der Waals surface area contributed by atoms with Gasteiger partial charge in [0.15, 0.2) is 0 Å². The molecular weight excluding hydrogens is 156 g/mol. The van der Waals surface area contributed by atoms with Crippen molar-refractivity contribution in [3.63, 3.8) is 0 Å². The molecule has 0 heterocycles. The van der Waals surface area contributed by atoms with Crippen molar-refractivity contribution < 1.29 is 0 Å². The third-order valence-corrected chi connectivity index (χ3v) is 2.45. The van der Waals surface area contributed by atoms with Crippen molar-refractivity contribution in [2.75, 3.05) is 0 Å². The number of rotatable bonds is 3. The maximum atomic E-state index is 3.93. The molecule has 0 saturated carbocycles. The highest BCUT2D eigenvalue weighted by Crippen LogP contribution is 2.16. The Balaban J connectivity index is 2.81. The summed E-state index contributed by atoms with van der Waals surface area (Å²) in [6, 6.07) is 6.48. The molecule has 0 radical (unpaired) electrons. The average Bonchev–Trinajstić information content (AvgIpc) is 2.03. The van der Waals surface area contributed by atoms with Crippen LogP contribution in [0.5, 0.6) is 0 Å². The minimum absolute atomic E-state index is 1.10. The van der Waals surface area contributed by atoms with Crippen LogP contribution in [0.15, 0.2) is 30.4 Å². The zero-order valence-corrected chi connectivity index (χ0v) is 8.85. The monoisotopic (exact) mass is 174 g/mol. The van der Waals surface area contributed by atoms with Crippen LogP contribution in [0.2, 0.25) is 0 Å². The van der Waals surface area contributed by atoms with E-state index in [9.17, 15) is 0 Å². The second kappa shape index (κ2) is 4.27. The van der Waals surface area contributed by atoms with Gasteiger partial charge in [-0.1, -0.05) is 23.8 Å². The van der Waals surface area contributed by atoms with Gasteiger partial charge >= 0.3 is 0 Å². The first-order chi connectivity index (χ1) is 6.11. The molecule has 70 valence electrons. The van der Waals surface area contributed by atoms with E-state index in [1.165, 1.54) is 22.3 Å². The van der Waals surface area contributed by atoms with Gasteiger partial charge in [-0.15, -0.1) is 6.58 Å². The number of benzene rings is 1. The van der Waals surface area contributed by atoms with Crippen LogP contribution < -0.4 is 0 Å². The maximum absolute atomic E-state index is 3.93. The van der Waals surface area contributed by atoms with E-state index in [2.05, 4.69) is 45.5 Å². The minimum Gasteiger partial charge on any atom is -0.100 e. The number of aryl methyl sites for hydroxylation is 2. The van der Waals surface area contributed by atoms with Crippen molar-refractivity contribution in [1.82, 2.24) is 0 Å². The summed E-state index contributed by atoms with van der Waals surface area (Å²) >= 11 is 0. The van der Waals surface area contributed by atoms with E-state index in [1.807, 2.05) is 0 Å². The highest BCUT2D eigenvalue weighted by molar-refractivity contribution is 5.33. The maximum Gasteiger partial charge on any atom is -0.0236 e. The number of allylic oxidation sites excluding steroid dienone is 1. The van der Waals surface area contributed by atoms with Crippen molar-refractivity contribution in [3.05, 3.63) is 47.0 Å². The molecule has 0 atom stereocenters. The molecule has 0 unspecified atom stereocenters. The Morgan fingerprint density at radius 1 is 1.23 bits per heavy atom. The third kappa shape index (κ3) is 2.73. The molecule has 1 aromatic carbocycles. The lowest BCUT2D eigenvalue weighted by molar-refractivity contribution is 0.925. The minimum atomic E-state index is 1.10. The third-order valence-electron chi connectivity index (χ3n) is 2.45. The van der Waals surface area contributed by atoms with E-state index in [-0.39, 0.29) is 0 Å². The Kier molecular flexibility index (Phi) is 3.30. The summed E-state index contributed by atoms with van der Waals surface area (Å²) in [7, 11) is 0. The van der Waals surface area contributed by atoms with Crippen LogP contribution in [0.4, 0.5) is 0 Å². The van der Waals surface area contributed by atoms with Crippen LogP contribution in [0.1, 0.15) is 30.0 Å². The molecule has 0 aliphatic carbocycles. The summed E-state index contributed by atoms with van der Waals surface area (Å²) in [5.74, 6) is 0. The second-order valence-corrected chi connectivity index (χ2v) is 3.83. The largest absolute Gasteiger partial charge is 0.100 e. The van der Waals surface area contributed by atoms with Crippen molar-refractivity contribution in [2.24, 2.45) is 0 Å². The topological polar surface area (TPSA) is 0 Å². The summed E-state index contributed by atoms with van der Waals surface area (Å²) in [5, 5.41) is 0. The van der Waals surface area contributed by atoms with Crippen molar-refractivity contribution in [1.29, 1.82) is 0 Å². The molecule has 1 rings (SSSR count). The standard InChI is InChI=1S/C13H18/c1-10(2)8-9-13-11(3)6-5-7-12(13)4/h5-7H,1,8-9H2,2-4H3. The van der Waals surface area contributed by atoms with Gasteiger partial charge < -0.3 is 0 Å². The molecule has 0 heteroatoms. The van der Waals surface area contributed by atoms with Gasteiger partial charge in [-0.05, 0) is 50.3 Å². The molecule has 0 aliphatic heterocycles. The fourth-order valence-corrected chi connectivity index (χ4v) is 1.58. The first-order valence-electron chi connectivity index (χ1n) is 4.80. The molecule has 1 aromatic rings. The normalized spacial score (nSPS) is 10.1. The summed E-state index contributed by atoms with van der Waals surface area (Å²) in [6.45, 7) is 10.4. The molecule has 0 saturated heterocycles.